The van der Waals surface area contributed by atoms with Gasteiger partial charge in [-0.2, -0.15) is 0 Å². The quantitative estimate of drug-likeness (QED) is 0.676. The number of nitrogens with zero attached hydrogens (tertiary/aromatic N) is 1. The van der Waals surface area contributed by atoms with Crippen molar-refractivity contribution in [1.29, 1.82) is 0 Å². The van der Waals surface area contributed by atoms with Crippen LogP contribution in [0.3, 0.4) is 0 Å². The number of carbonyl (C=O) groups is 1. The van der Waals surface area contributed by atoms with E-state index in [-0.39, 0.29) is 10.8 Å². The number of rotatable bonds is 8. The van der Waals surface area contributed by atoms with Gasteiger partial charge in [0, 0.05) is 25.2 Å². The maximum absolute atomic E-state index is 12.4. The fourth-order valence-electron chi connectivity index (χ4n) is 3.58. The van der Waals surface area contributed by atoms with Gasteiger partial charge in [-0.25, -0.2) is 13.1 Å². The predicted molar refractivity (Wildman–Crippen MR) is 119 cm³/mol. The van der Waals surface area contributed by atoms with Crippen LogP contribution in [0.2, 0.25) is 0 Å². The molecular weight excluding hydrogens is 398 g/mol. The molecule has 2 aromatic carbocycles. The Morgan fingerprint density at radius 1 is 1.00 bits per heavy atom. The summed E-state index contributed by atoms with van der Waals surface area (Å²) in [5.41, 5.74) is 2.75. The topological polar surface area (TPSA) is 78.5 Å². The highest BCUT2D eigenvalue weighted by Crippen LogP contribution is 2.18. The maximum Gasteiger partial charge on any atom is 0.251 e. The summed E-state index contributed by atoms with van der Waals surface area (Å²) in [6.45, 7) is 8.08. The van der Waals surface area contributed by atoms with Crippen molar-refractivity contribution in [2.24, 2.45) is 5.92 Å². The van der Waals surface area contributed by atoms with Crippen molar-refractivity contribution < 1.29 is 13.2 Å². The predicted octanol–water partition coefficient (Wildman–Crippen LogP) is 3.15. The SMILES string of the molecule is CCNS(=O)(=O)c1ccc(C(=O)NCc2ccc(CN3CCC(C)CC3)cc2)cc1. The molecule has 6 nitrogen and oxygen atoms in total. The summed E-state index contributed by atoms with van der Waals surface area (Å²) in [7, 11) is -3.51. The molecule has 1 aliphatic heterocycles. The van der Waals surface area contributed by atoms with E-state index in [9.17, 15) is 13.2 Å². The van der Waals surface area contributed by atoms with Crippen molar-refractivity contribution in [3.8, 4) is 0 Å². The molecule has 2 N–H and O–H groups in total. The molecule has 0 spiro atoms. The van der Waals surface area contributed by atoms with Crippen LogP contribution in [0.5, 0.6) is 0 Å². The first-order chi connectivity index (χ1) is 14.4. The van der Waals surface area contributed by atoms with Crippen LogP contribution in [0.25, 0.3) is 0 Å². The molecule has 1 aliphatic rings. The van der Waals surface area contributed by atoms with E-state index in [0.29, 0.717) is 18.7 Å². The van der Waals surface area contributed by atoms with Gasteiger partial charge in [0.15, 0.2) is 0 Å². The number of nitrogens with one attached hydrogen (secondary N) is 2. The molecule has 3 rings (SSSR count). The van der Waals surface area contributed by atoms with Gasteiger partial charge in [0.25, 0.3) is 5.91 Å². The molecule has 1 heterocycles. The molecule has 0 saturated carbocycles. The molecule has 0 aromatic heterocycles. The van der Waals surface area contributed by atoms with Crippen molar-refractivity contribution in [2.45, 2.75) is 44.7 Å². The van der Waals surface area contributed by atoms with E-state index in [1.54, 1.807) is 6.92 Å². The Bertz CT molecular complexity index is 933. The Morgan fingerprint density at radius 2 is 1.60 bits per heavy atom. The summed E-state index contributed by atoms with van der Waals surface area (Å²) in [6.07, 6.45) is 2.54. The van der Waals surface area contributed by atoms with Crippen molar-refractivity contribution in [3.63, 3.8) is 0 Å². The molecular formula is C23H31N3O3S. The number of hydrogen-bond acceptors (Lipinski definition) is 4. The van der Waals surface area contributed by atoms with E-state index < -0.39 is 10.0 Å². The Balaban J connectivity index is 1.51. The zero-order valence-corrected chi connectivity index (χ0v) is 18.5. The van der Waals surface area contributed by atoms with Crippen LogP contribution >= 0.6 is 0 Å². The van der Waals surface area contributed by atoms with Crippen LogP contribution in [0, 0.1) is 5.92 Å². The third-order valence-electron chi connectivity index (χ3n) is 5.52. The molecule has 1 saturated heterocycles. The molecule has 7 heteroatoms. The molecule has 0 radical (unpaired) electrons. The van der Waals surface area contributed by atoms with Crippen molar-refractivity contribution >= 4 is 15.9 Å². The lowest BCUT2D eigenvalue weighted by molar-refractivity contribution is 0.0951. The van der Waals surface area contributed by atoms with Gasteiger partial charge in [0.2, 0.25) is 10.0 Å². The molecule has 162 valence electrons. The average molecular weight is 430 g/mol. The minimum atomic E-state index is -3.51. The number of sulfonamides is 1. The van der Waals surface area contributed by atoms with Crippen LogP contribution in [0.1, 0.15) is 48.2 Å². The standard InChI is InChI=1S/C23H31N3O3S/c1-3-25-30(28,29)22-10-8-21(9-11-22)23(27)24-16-19-4-6-20(7-5-19)17-26-14-12-18(2)13-15-26/h4-11,18,25H,3,12-17H2,1-2H3,(H,24,27). The van der Waals surface area contributed by atoms with Gasteiger partial charge >= 0.3 is 0 Å². The molecule has 30 heavy (non-hydrogen) atoms. The summed E-state index contributed by atoms with van der Waals surface area (Å²) in [4.78, 5) is 15.0. The Morgan fingerprint density at radius 3 is 2.20 bits per heavy atom. The number of carbonyl (C=O) groups excluding carboxylic acids is 1. The molecule has 2 aromatic rings. The van der Waals surface area contributed by atoms with Gasteiger partial charge in [-0.05, 0) is 67.2 Å². The van der Waals surface area contributed by atoms with E-state index in [1.807, 2.05) is 12.1 Å². The highest BCUT2D eigenvalue weighted by atomic mass is 32.2. The molecule has 1 fully saturated rings. The first-order valence-corrected chi connectivity index (χ1v) is 12.0. The smallest absolute Gasteiger partial charge is 0.251 e. The van der Waals surface area contributed by atoms with Gasteiger partial charge in [0.05, 0.1) is 4.90 Å². The Hall–Kier alpha value is -2.22. The third-order valence-corrected chi connectivity index (χ3v) is 7.08. The van der Waals surface area contributed by atoms with Crippen molar-refractivity contribution in [3.05, 3.63) is 65.2 Å². The number of amides is 1. The van der Waals surface area contributed by atoms with Gasteiger partial charge in [-0.3, -0.25) is 9.69 Å². The van der Waals surface area contributed by atoms with Crippen LogP contribution in [0.4, 0.5) is 0 Å². The minimum Gasteiger partial charge on any atom is -0.348 e. The number of hydrogen-bond donors (Lipinski definition) is 2. The monoisotopic (exact) mass is 429 g/mol. The zero-order valence-electron chi connectivity index (χ0n) is 17.7. The average Bonchev–Trinajstić information content (AvgIpc) is 2.75. The summed E-state index contributed by atoms with van der Waals surface area (Å²) in [6, 6.07) is 14.3. The van der Waals surface area contributed by atoms with Crippen molar-refractivity contribution in [1.82, 2.24) is 14.9 Å². The molecule has 0 aliphatic carbocycles. The fourth-order valence-corrected chi connectivity index (χ4v) is 4.63. The number of benzene rings is 2. The van der Waals surface area contributed by atoms with E-state index in [0.717, 1.165) is 31.1 Å². The lowest BCUT2D eigenvalue weighted by Gasteiger charge is -2.30. The van der Waals surface area contributed by atoms with E-state index >= 15 is 0 Å². The maximum atomic E-state index is 12.4. The van der Waals surface area contributed by atoms with Gasteiger partial charge < -0.3 is 5.32 Å². The van der Waals surface area contributed by atoms with Crippen molar-refractivity contribution in [2.75, 3.05) is 19.6 Å². The van der Waals surface area contributed by atoms with Gasteiger partial charge in [-0.15, -0.1) is 0 Å². The van der Waals surface area contributed by atoms with Crippen LogP contribution in [-0.4, -0.2) is 38.9 Å². The van der Waals surface area contributed by atoms with Gasteiger partial charge in [0.1, 0.15) is 0 Å². The Labute approximate surface area is 179 Å². The lowest BCUT2D eigenvalue weighted by atomic mass is 9.99. The largest absolute Gasteiger partial charge is 0.348 e. The van der Waals surface area contributed by atoms with Gasteiger partial charge in [-0.1, -0.05) is 38.1 Å². The number of piperidine rings is 1. The highest BCUT2D eigenvalue weighted by molar-refractivity contribution is 7.89. The normalized spacial score (nSPS) is 15.8. The van der Waals surface area contributed by atoms with Crippen LogP contribution in [-0.2, 0) is 23.1 Å². The summed E-state index contributed by atoms with van der Waals surface area (Å²) in [5, 5.41) is 2.89. The second kappa shape index (κ2) is 10.2. The zero-order chi connectivity index (χ0) is 21.6. The molecule has 0 bridgehead atoms. The van der Waals surface area contributed by atoms with E-state index in [4.69, 9.17) is 0 Å². The van der Waals surface area contributed by atoms with Crippen LogP contribution < -0.4 is 10.0 Å². The molecule has 0 atom stereocenters. The molecule has 1 amide bonds. The lowest BCUT2D eigenvalue weighted by Crippen LogP contribution is -2.32. The Kier molecular flexibility index (Phi) is 7.64. The molecule has 0 unspecified atom stereocenters. The van der Waals surface area contributed by atoms with Crippen LogP contribution in [0.15, 0.2) is 53.4 Å². The summed E-state index contributed by atoms with van der Waals surface area (Å²) in [5.74, 6) is 0.606. The summed E-state index contributed by atoms with van der Waals surface area (Å²) < 4.78 is 26.4. The van der Waals surface area contributed by atoms with E-state index in [2.05, 4.69) is 34.0 Å². The third kappa shape index (κ3) is 6.14. The highest BCUT2D eigenvalue weighted by Gasteiger charge is 2.16. The summed E-state index contributed by atoms with van der Waals surface area (Å²) >= 11 is 0. The second-order valence-electron chi connectivity index (χ2n) is 7.98. The first-order valence-electron chi connectivity index (χ1n) is 10.6. The first kappa shape index (κ1) is 22.5. The second-order valence-corrected chi connectivity index (χ2v) is 9.75. The minimum absolute atomic E-state index is 0.152. The number of likely N-dealkylation sites (tertiary alicyclic amines) is 1. The van der Waals surface area contributed by atoms with E-state index in [1.165, 1.54) is 42.7 Å². The fraction of sp³-hybridized carbons (Fsp3) is 0.435.